The van der Waals surface area contributed by atoms with Crippen molar-refractivity contribution in [2.24, 2.45) is 0 Å². The normalized spacial score (nSPS) is 10.2. The molecule has 2 aromatic carbocycles. The second-order valence-corrected chi connectivity index (χ2v) is 5.22. The molecule has 6 heteroatoms. The largest absolute Gasteiger partial charge is 0.478 e. The first kappa shape index (κ1) is 15.4. The SMILES string of the molecule is CN(C(=O)c1cc(Cl)cc(Cl)c1)c1ccccc1C(=O)O. The van der Waals surface area contributed by atoms with E-state index >= 15 is 0 Å². The highest BCUT2D eigenvalue weighted by molar-refractivity contribution is 6.35. The van der Waals surface area contributed by atoms with E-state index in [2.05, 4.69) is 0 Å². The number of carboxylic acid groups (broad SMARTS) is 1. The van der Waals surface area contributed by atoms with Crippen LogP contribution in [0.5, 0.6) is 0 Å². The first-order valence-electron chi connectivity index (χ1n) is 5.96. The summed E-state index contributed by atoms with van der Waals surface area (Å²) in [5.41, 5.74) is 0.628. The quantitative estimate of drug-likeness (QED) is 0.929. The summed E-state index contributed by atoms with van der Waals surface area (Å²) in [5, 5.41) is 9.85. The molecule has 0 saturated carbocycles. The molecule has 1 N–H and O–H groups in total. The van der Waals surface area contributed by atoms with E-state index in [1.165, 1.54) is 36.2 Å². The minimum Gasteiger partial charge on any atom is -0.478 e. The average molecular weight is 324 g/mol. The van der Waals surface area contributed by atoms with Crippen LogP contribution in [0.3, 0.4) is 0 Å². The molecule has 0 saturated heterocycles. The lowest BCUT2D eigenvalue weighted by molar-refractivity contribution is 0.0697. The lowest BCUT2D eigenvalue weighted by Crippen LogP contribution is -2.27. The molecule has 0 spiro atoms. The Morgan fingerprint density at radius 1 is 1.05 bits per heavy atom. The van der Waals surface area contributed by atoms with E-state index in [9.17, 15) is 14.7 Å². The molecule has 0 aromatic heterocycles. The van der Waals surface area contributed by atoms with Crippen molar-refractivity contribution in [2.75, 3.05) is 11.9 Å². The molecular weight excluding hydrogens is 313 g/mol. The van der Waals surface area contributed by atoms with Crippen molar-refractivity contribution in [3.05, 3.63) is 63.6 Å². The zero-order chi connectivity index (χ0) is 15.6. The first-order valence-corrected chi connectivity index (χ1v) is 6.72. The van der Waals surface area contributed by atoms with Gasteiger partial charge in [0.1, 0.15) is 0 Å². The van der Waals surface area contributed by atoms with Crippen molar-refractivity contribution >= 4 is 40.8 Å². The van der Waals surface area contributed by atoms with Crippen LogP contribution in [0.15, 0.2) is 42.5 Å². The Balaban J connectivity index is 2.42. The number of nitrogens with zero attached hydrogens (tertiary/aromatic N) is 1. The molecule has 0 radical (unpaired) electrons. The van der Waals surface area contributed by atoms with Crippen molar-refractivity contribution < 1.29 is 14.7 Å². The molecule has 4 nitrogen and oxygen atoms in total. The van der Waals surface area contributed by atoms with Crippen molar-refractivity contribution in [1.82, 2.24) is 0 Å². The monoisotopic (exact) mass is 323 g/mol. The van der Waals surface area contributed by atoms with Crippen LogP contribution in [-0.2, 0) is 0 Å². The fourth-order valence-corrected chi connectivity index (χ4v) is 2.45. The summed E-state index contributed by atoms with van der Waals surface area (Å²) in [6, 6.07) is 10.7. The lowest BCUT2D eigenvalue weighted by atomic mass is 10.1. The Kier molecular flexibility index (Phi) is 4.50. The second kappa shape index (κ2) is 6.16. The zero-order valence-corrected chi connectivity index (χ0v) is 12.5. The van der Waals surface area contributed by atoms with E-state index in [-0.39, 0.29) is 11.1 Å². The fourth-order valence-electron chi connectivity index (χ4n) is 1.93. The molecule has 0 unspecified atom stereocenters. The third-order valence-corrected chi connectivity index (χ3v) is 3.35. The Morgan fingerprint density at radius 2 is 1.62 bits per heavy atom. The first-order chi connectivity index (χ1) is 9.90. The van der Waals surface area contributed by atoms with E-state index < -0.39 is 11.9 Å². The van der Waals surface area contributed by atoms with Gasteiger partial charge < -0.3 is 10.0 Å². The fraction of sp³-hybridized carbons (Fsp3) is 0.0667. The van der Waals surface area contributed by atoms with Gasteiger partial charge in [0, 0.05) is 22.7 Å². The predicted octanol–water partition coefficient (Wildman–Crippen LogP) is 3.97. The van der Waals surface area contributed by atoms with Crippen LogP contribution in [0.25, 0.3) is 0 Å². The minimum absolute atomic E-state index is 0.0430. The van der Waals surface area contributed by atoms with Gasteiger partial charge >= 0.3 is 5.97 Å². The van der Waals surface area contributed by atoms with Crippen LogP contribution < -0.4 is 4.90 Å². The molecule has 0 aliphatic rings. The highest BCUT2D eigenvalue weighted by Crippen LogP contribution is 2.24. The number of rotatable bonds is 3. The van der Waals surface area contributed by atoms with E-state index in [4.69, 9.17) is 23.2 Å². The van der Waals surface area contributed by atoms with Crippen molar-refractivity contribution in [3.63, 3.8) is 0 Å². The molecule has 108 valence electrons. The van der Waals surface area contributed by atoms with Gasteiger partial charge in [-0.1, -0.05) is 35.3 Å². The number of hydrogen-bond donors (Lipinski definition) is 1. The minimum atomic E-state index is -1.10. The topological polar surface area (TPSA) is 57.6 Å². The Labute approximate surface area is 131 Å². The molecule has 0 bridgehead atoms. The number of anilines is 1. The number of para-hydroxylation sites is 1. The molecule has 0 aliphatic heterocycles. The summed E-state index contributed by atoms with van der Waals surface area (Å²) in [6.45, 7) is 0. The van der Waals surface area contributed by atoms with Gasteiger partial charge in [0.2, 0.25) is 0 Å². The molecule has 0 atom stereocenters. The van der Waals surface area contributed by atoms with Gasteiger partial charge in [-0.05, 0) is 30.3 Å². The maximum absolute atomic E-state index is 12.4. The second-order valence-electron chi connectivity index (χ2n) is 4.34. The number of amides is 1. The molecular formula is C15H11Cl2NO3. The molecule has 2 rings (SSSR count). The van der Waals surface area contributed by atoms with Crippen molar-refractivity contribution in [1.29, 1.82) is 0 Å². The number of halogens is 2. The lowest BCUT2D eigenvalue weighted by Gasteiger charge is -2.19. The Hall–Kier alpha value is -2.04. The highest BCUT2D eigenvalue weighted by Gasteiger charge is 2.19. The van der Waals surface area contributed by atoms with E-state index in [0.29, 0.717) is 15.7 Å². The van der Waals surface area contributed by atoms with E-state index in [0.717, 1.165) is 0 Å². The zero-order valence-electron chi connectivity index (χ0n) is 11.0. The summed E-state index contributed by atoms with van der Waals surface area (Å²) in [6.07, 6.45) is 0. The highest BCUT2D eigenvalue weighted by atomic mass is 35.5. The van der Waals surface area contributed by atoms with Crippen LogP contribution in [0.1, 0.15) is 20.7 Å². The molecule has 0 aliphatic carbocycles. The maximum atomic E-state index is 12.4. The van der Waals surface area contributed by atoms with Gasteiger partial charge in [0.25, 0.3) is 5.91 Å². The number of aromatic carboxylic acids is 1. The van der Waals surface area contributed by atoms with Crippen molar-refractivity contribution in [2.45, 2.75) is 0 Å². The number of carbonyl (C=O) groups excluding carboxylic acids is 1. The summed E-state index contributed by atoms with van der Waals surface area (Å²) >= 11 is 11.8. The molecule has 0 heterocycles. The van der Waals surface area contributed by atoms with Crippen LogP contribution in [0, 0.1) is 0 Å². The summed E-state index contributed by atoms with van der Waals surface area (Å²) in [4.78, 5) is 24.9. The number of hydrogen-bond acceptors (Lipinski definition) is 2. The Bertz CT molecular complexity index is 696. The van der Waals surface area contributed by atoms with Gasteiger partial charge in [-0.15, -0.1) is 0 Å². The smallest absolute Gasteiger partial charge is 0.337 e. The van der Waals surface area contributed by atoms with Gasteiger partial charge in [-0.2, -0.15) is 0 Å². The van der Waals surface area contributed by atoms with Gasteiger partial charge in [0.15, 0.2) is 0 Å². The van der Waals surface area contributed by atoms with Crippen LogP contribution in [0.4, 0.5) is 5.69 Å². The summed E-state index contributed by atoms with van der Waals surface area (Å²) in [7, 11) is 1.50. The van der Waals surface area contributed by atoms with Gasteiger partial charge in [-0.25, -0.2) is 4.79 Å². The maximum Gasteiger partial charge on any atom is 0.337 e. The number of carboxylic acids is 1. The molecule has 21 heavy (non-hydrogen) atoms. The average Bonchev–Trinajstić information content (AvgIpc) is 2.44. The number of carbonyl (C=O) groups is 2. The standard InChI is InChI=1S/C15H11Cl2NO3/c1-18(13-5-3-2-4-12(13)15(20)21)14(19)9-6-10(16)8-11(17)7-9/h2-8H,1H3,(H,20,21). The van der Waals surface area contributed by atoms with Crippen LogP contribution in [0.2, 0.25) is 10.0 Å². The van der Waals surface area contributed by atoms with E-state index in [1.807, 2.05) is 0 Å². The number of benzene rings is 2. The van der Waals surface area contributed by atoms with E-state index in [1.54, 1.807) is 18.2 Å². The third kappa shape index (κ3) is 3.35. The molecule has 0 fully saturated rings. The summed E-state index contributed by atoms with van der Waals surface area (Å²) < 4.78 is 0. The Morgan fingerprint density at radius 3 is 2.19 bits per heavy atom. The molecule has 2 aromatic rings. The summed E-state index contributed by atoms with van der Waals surface area (Å²) in [5.74, 6) is -1.50. The van der Waals surface area contributed by atoms with Gasteiger partial charge in [-0.3, -0.25) is 4.79 Å². The predicted molar refractivity (Wildman–Crippen MR) is 82.6 cm³/mol. The van der Waals surface area contributed by atoms with Gasteiger partial charge in [0.05, 0.1) is 11.3 Å². The van der Waals surface area contributed by atoms with Crippen LogP contribution >= 0.6 is 23.2 Å². The third-order valence-electron chi connectivity index (χ3n) is 2.91. The molecule has 1 amide bonds. The van der Waals surface area contributed by atoms with Crippen molar-refractivity contribution in [3.8, 4) is 0 Å². The van der Waals surface area contributed by atoms with Crippen LogP contribution in [-0.4, -0.2) is 24.0 Å².